The molecule has 0 aromatic heterocycles. The lowest BCUT2D eigenvalue weighted by atomic mass is 10.2. The van der Waals surface area contributed by atoms with Crippen molar-refractivity contribution >= 4 is 28.6 Å². The lowest BCUT2D eigenvalue weighted by molar-refractivity contribution is 1.28. The van der Waals surface area contributed by atoms with E-state index in [9.17, 15) is 0 Å². The summed E-state index contributed by atoms with van der Waals surface area (Å²) in [4.78, 5) is 0. The summed E-state index contributed by atoms with van der Waals surface area (Å²) in [5.41, 5.74) is 0. The van der Waals surface area contributed by atoms with Crippen molar-refractivity contribution in [1.82, 2.24) is 0 Å². The normalized spacial score (nSPS) is 12.0. The molecule has 0 spiro atoms. The van der Waals surface area contributed by atoms with Gasteiger partial charge < -0.3 is 0 Å². The fourth-order valence-corrected chi connectivity index (χ4v) is 1.58. The molecule has 1 rings (SSSR count). The first kappa shape index (κ1) is 8.54. The van der Waals surface area contributed by atoms with Crippen molar-refractivity contribution in [3.63, 3.8) is 0 Å². The van der Waals surface area contributed by atoms with E-state index in [4.69, 9.17) is 0 Å². The van der Waals surface area contributed by atoms with E-state index in [0.29, 0.717) is 0 Å². The summed E-state index contributed by atoms with van der Waals surface area (Å²) < 4.78 is 1.13. The Morgan fingerprint density at radius 2 is 2.27 bits per heavy atom. The van der Waals surface area contributed by atoms with Crippen molar-refractivity contribution in [3.8, 4) is 0 Å². The highest BCUT2D eigenvalue weighted by Crippen LogP contribution is 1.98. The molecule has 0 heterocycles. The van der Waals surface area contributed by atoms with Crippen LogP contribution in [-0.4, -0.2) is 0 Å². The Balaban J connectivity index is 3.45. The molecule has 0 radical (unpaired) electrons. The Morgan fingerprint density at radius 1 is 1.55 bits per heavy atom. The highest BCUT2D eigenvalue weighted by Gasteiger charge is 1.87. The third-order valence-corrected chi connectivity index (χ3v) is 2.24. The molecule has 0 nitrogen and oxygen atoms in total. The lowest BCUT2D eigenvalue weighted by Gasteiger charge is -1.91. The van der Waals surface area contributed by atoms with Gasteiger partial charge in [-0.3, -0.25) is 0 Å². The van der Waals surface area contributed by atoms with Crippen LogP contribution in [0.3, 0.4) is 0 Å². The van der Waals surface area contributed by atoms with Crippen LogP contribution >= 0.6 is 15.9 Å². The Labute approximate surface area is 75.4 Å². The smallest absolute Gasteiger partial charge is 0.0250 e. The van der Waals surface area contributed by atoms with Crippen molar-refractivity contribution in [2.45, 2.75) is 13.3 Å². The maximum absolute atomic E-state index is 3.94. The van der Waals surface area contributed by atoms with Crippen LogP contribution in [0, 0.1) is 0 Å². The molecule has 0 aliphatic carbocycles. The molecule has 0 N–H and O–H groups in total. The fourth-order valence-electron chi connectivity index (χ4n) is 1.01. The van der Waals surface area contributed by atoms with Gasteiger partial charge in [-0.15, -0.1) is 0 Å². The molecule has 0 amide bonds. The van der Waals surface area contributed by atoms with Crippen LogP contribution in [0.15, 0.2) is 22.7 Å². The summed E-state index contributed by atoms with van der Waals surface area (Å²) in [6.45, 7) is 6.06. The molecule has 0 aliphatic rings. The van der Waals surface area contributed by atoms with Crippen molar-refractivity contribution in [2.24, 2.45) is 0 Å². The first-order chi connectivity index (χ1) is 5.25. The zero-order valence-corrected chi connectivity index (χ0v) is 8.19. The minimum absolute atomic E-state index is 1.05. The Morgan fingerprint density at radius 3 is 2.82 bits per heavy atom. The topological polar surface area (TPSA) is 0 Å². The van der Waals surface area contributed by atoms with Crippen molar-refractivity contribution in [2.75, 3.05) is 0 Å². The van der Waals surface area contributed by atoms with Gasteiger partial charge in [-0.05, 0) is 22.9 Å². The number of halogens is 1. The van der Waals surface area contributed by atoms with Crippen LogP contribution in [0.1, 0.15) is 13.3 Å². The minimum Gasteiger partial charge on any atom is -0.0911 e. The van der Waals surface area contributed by atoms with Crippen LogP contribution in [0.4, 0.5) is 0 Å². The fraction of sp³-hybridized carbons (Fsp3) is 0.200. The Hall–Kier alpha value is -0.560. The highest BCUT2D eigenvalue weighted by atomic mass is 79.9. The van der Waals surface area contributed by atoms with Gasteiger partial charge in [0, 0.05) is 4.47 Å². The van der Waals surface area contributed by atoms with Gasteiger partial charge in [-0.25, -0.2) is 0 Å². The van der Waals surface area contributed by atoms with Crippen LogP contribution in [0.5, 0.6) is 0 Å². The number of hydrogen-bond donors (Lipinski definition) is 0. The molecule has 0 aliphatic heterocycles. The van der Waals surface area contributed by atoms with E-state index in [-0.39, 0.29) is 0 Å². The van der Waals surface area contributed by atoms with Gasteiger partial charge in [0.25, 0.3) is 0 Å². The van der Waals surface area contributed by atoms with Gasteiger partial charge in [0.05, 0.1) is 0 Å². The first-order valence-corrected chi connectivity index (χ1v) is 4.48. The quantitative estimate of drug-likeness (QED) is 0.666. The SMILES string of the molecule is C=c1cccc(Br)/c1=C/CC. The number of hydrogen-bond acceptors (Lipinski definition) is 0. The van der Waals surface area contributed by atoms with E-state index in [2.05, 4.69) is 35.5 Å². The average Bonchev–Trinajstić information content (AvgIpc) is 1.97. The molecule has 0 unspecified atom stereocenters. The molecule has 1 aromatic carbocycles. The minimum atomic E-state index is 1.05. The molecule has 0 saturated heterocycles. The molecular formula is C10H11Br. The predicted octanol–water partition coefficient (Wildman–Crippen LogP) is 2.05. The third-order valence-electron chi connectivity index (χ3n) is 1.55. The molecule has 0 fully saturated rings. The second-order valence-corrected chi connectivity index (χ2v) is 3.28. The Kier molecular flexibility index (Phi) is 2.89. The molecular weight excluding hydrogens is 200 g/mol. The van der Waals surface area contributed by atoms with Gasteiger partial charge in [-0.2, -0.15) is 0 Å². The number of rotatable bonds is 1. The molecule has 0 saturated carbocycles. The van der Waals surface area contributed by atoms with E-state index in [0.717, 1.165) is 16.1 Å². The van der Waals surface area contributed by atoms with Crippen molar-refractivity contribution in [3.05, 3.63) is 33.1 Å². The second kappa shape index (κ2) is 3.72. The summed E-state index contributed by atoms with van der Waals surface area (Å²) in [6.07, 6.45) is 3.22. The zero-order valence-electron chi connectivity index (χ0n) is 6.60. The van der Waals surface area contributed by atoms with E-state index in [1.165, 1.54) is 5.22 Å². The monoisotopic (exact) mass is 210 g/mol. The molecule has 1 aromatic rings. The van der Waals surface area contributed by atoms with Crippen molar-refractivity contribution in [1.29, 1.82) is 0 Å². The van der Waals surface area contributed by atoms with Crippen LogP contribution in [-0.2, 0) is 0 Å². The maximum atomic E-state index is 3.94. The lowest BCUT2D eigenvalue weighted by Crippen LogP contribution is -2.23. The standard InChI is InChI=1S/C10H11Br/c1-3-5-9-8(2)6-4-7-10(9)11/h4-7H,2-3H2,1H3/b9-5+. The summed E-state index contributed by atoms with van der Waals surface area (Å²) >= 11 is 3.48. The number of benzene rings is 1. The van der Waals surface area contributed by atoms with Crippen LogP contribution < -0.4 is 10.4 Å². The summed E-state index contributed by atoms with van der Waals surface area (Å²) in [5.74, 6) is 0. The molecule has 58 valence electrons. The first-order valence-electron chi connectivity index (χ1n) is 3.69. The van der Waals surface area contributed by atoms with Gasteiger partial charge in [-0.1, -0.05) is 47.6 Å². The van der Waals surface area contributed by atoms with Gasteiger partial charge >= 0.3 is 0 Å². The maximum Gasteiger partial charge on any atom is 0.0250 e. The molecule has 1 heteroatoms. The zero-order chi connectivity index (χ0) is 8.27. The molecule has 11 heavy (non-hydrogen) atoms. The summed E-state index contributed by atoms with van der Waals surface area (Å²) in [5, 5.41) is 2.30. The van der Waals surface area contributed by atoms with Gasteiger partial charge in [0.1, 0.15) is 0 Å². The van der Waals surface area contributed by atoms with E-state index in [1.807, 2.05) is 18.2 Å². The van der Waals surface area contributed by atoms with Crippen LogP contribution in [0.25, 0.3) is 12.7 Å². The average molecular weight is 211 g/mol. The summed E-state index contributed by atoms with van der Waals surface area (Å²) in [7, 11) is 0. The molecule has 0 atom stereocenters. The predicted molar refractivity (Wildman–Crippen MR) is 53.7 cm³/mol. The van der Waals surface area contributed by atoms with Crippen LogP contribution in [0.2, 0.25) is 0 Å². The van der Waals surface area contributed by atoms with Crippen molar-refractivity contribution < 1.29 is 0 Å². The third kappa shape index (κ3) is 1.93. The highest BCUT2D eigenvalue weighted by molar-refractivity contribution is 9.10. The van der Waals surface area contributed by atoms with Gasteiger partial charge in [0.2, 0.25) is 0 Å². The Bertz CT molecular complexity index is 338. The summed E-state index contributed by atoms with van der Waals surface area (Å²) in [6, 6.07) is 6.06. The van der Waals surface area contributed by atoms with E-state index in [1.54, 1.807) is 0 Å². The largest absolute Gasteiger partial charge is 0.0911 e. The van der Waals surface area contributed by atoms with Gasteiger partial charge in [0.15, 0.2) is 0 Å². The second-order valence-electron chi connectivity index (χ2n) is 2.43. The van der Waals surface area contributed by atoms with E-state index >= 15 is 0 Å². The molecule has 0 bridgehead atoms. The van der Waals surface area contributed by atoms with E-state index < -0.39 is 0 Å².